The van der Waals surface area contributed by atoms with Gasteiger partial charge in [0.1, 0.15) is 8.96 Å². The highest BCUT2D eigenvalue weighted by Crippen LogP contribution is 2.10. The molecule has 0 aliphatic rings. The first-order chi connectivity index (χ1) is 7.43. The molecule has 0 saturated carbocycles. The summed E-state index contributed by atoms with van der Waals surface area (Å²) >= 11 is 0. The number of hydrogen-bond acceptors (Lipinski definition) is 3. The van der Waals surface area contributed by atoms with Crippen LogP contribution in [-0.4, -0.2) is 73.1 Å². The largest absolute Gasteiger partial charge is 0.332 e. The smallest absolute Gasteiger partial charge is 0.189 e. The van der Waals surface area contributed by atoms with E-state index in [9.17, 15) is 0 Å². The Morgan fingerprint density at radius 1 is 0.812 bits per heavy atom. The van der Waals surface area contributed by atoms with E-state index >= 15 is 0 Å². The van der Waals surface area contributed by atoms with E-state index in [2.05, 4.69) is 62.3 Å². The molecular weight excluding hydrogens is 230 g/mol. The molecule has 0 rings (SSSR count). The first kappa shape index (κ1) is 16.3. The predicted molar refractivity (Wildman–Crippen MR) is 80.1 cm³/mol. The SMILES string of the molecule is CCN(CC)[SiH](CC[SiH](C)N(C)C)N(C)C. The third kappa shape index (κ3) is 5.59. The zero-order valence-electron chi connectivity index (χ0n) is 12.3. The van der Waals surface area contributed by atoms with Crippen LogP contribution in [0.4, 0.5) is 0 Å². The number of hydrogen-bond donors (Lipinski definition) is 0. The Labute approximate surface area is 106 Å². The van der Waals surface area contributed by atoms with Gasteiger partial charge in [-0.25, -0.2) is 0 Å². The highest BCUT2D eigenvalue weighted by Gasteiger charge is 2.21. The molecule has 0 aromatic carbocycles. The van der Waals surface area contributed by atoms with Crippen molar-refractivity contribution in [1.29, 1.82) is 0 Å². The van der Waals surface area contributed by atoms with Crippen LogP contribution in [0.15, 0.2) is 0 Å². The highest BCUT2D eigenvalue weighted by atomic mass is 28.3. The van der Waals surface area contributed by atoms with Gasteiger partial charge in [0.25, 0.3) is 0 Å². The lowest BCUT2D eigenvalue weighted by Gasteiger charge is -2.34. The standard InChI is InChI=1S/C11H31N3Si2/c1-8-14(9-2)16(13(5)6)11-10-15(7)12(3)4/h15-16H,8-11H2,1-7H3. The molecule has 0 amide bonds. The Morgan fingerprint density at radius 3 is 1.62 bits per heavy atom. The summed E-state index contributed by atoms with van der Waals surface area (Å²) in [4.78, 5) is 0. The number of rotatable bonds is 8. The van der Waals surface area contributed by atoms with Gasteiger partial charge in [0.05, 0.1) is 0 Å². The Morgan fingerprint density at radius 2 is 1.31 bits per heavy atom. The van der Waals surface area contributed by atoms with Gasteiger partial charge in [0.2, 0.25) is 0 Å². The van der Waals surface area contributed by atoms with Crippen LogP contribution in [0.3, 0.4) is 0 Å². The molecule has 0 heterocycles. The van der Waals surface area contributed by atoms with Crippen molar-refractivity contribution in [3.8, 4) is 0 Å². The summed E-state index contributed by atoms with van der Waals surface area (Å²) in [7, 11) is 7.53. The van der Waals surface area contributed by atoms with E-state index in [1.165, 1.54) is 25.2 Å². The molecule has 3 nitrogen and oxygen atoms in total. The minimum Gasteiger partial charge on any atom is -0.332 e. The lowest BCUT2D eigenvalue weighted by Crippen LogP contribution is -2.50. The van der Waals surface area contributed by atoms with Gasteiger partial charge in [0, 0.05) is 0 Å². The molecule has 0 aliphatic carbocycles. The van der Waals surface area contributed by atoms with E-state index in [4.69, 9.17) is 0 Å². The lowest BCUT2D eigenvalue weighted by atomic mass is 10.7. The fraction of sp³-hybridized carbons (Fsp3) is 1.00. The molecule has 0 aromatic rings. The van der Waals surface area contributed by atoms with Gasteiger partial charge in [-0.2, -0.15) is 0 Å². The molecular formula is C11H31N3Si2. The van der Waals surface area contributed by atoms with Crippen molar-refractivity contribution in [2.45, 2.75) is 32.5 Å². The molecule has 2 unspecified atom stereocenters. The fourth-order valence-corrected chi connectivity index (χ4v) is 8.08. The van der Waals surface area contributed by atoms with Crippen molar-refractivity contribution >= 4 is 18.1 Å². The van der Waals surface area contributed by atoms with Gasteiger partial charge in [0.15, 0.2) is 9.12 Å². The van der Waals surface area contributed by atoms with E-state index in [0.717, 1.165) is 0 Å². The summed E-state index contributed by atoms with van der Waals surface area (Å²) in [6, 6.07) is 2.90. The molecule has 0 radical (unpaired) electrons. The second kappa shape index (κ2) is 8.41. The van der Waals surface area contributed by atoms with Crippen LogP contribution in [0, 0.1) is 0 Å². The zero-order chi connectivity index (χ0) is 12.7. The van der Waals surface area contributed by atoms with E-state index in [-0.39, 0.29) is 0 Å². The molecule has 98 valence electrons. The second-order valence-corrected chi connectivity index (χ2v) is 11.7. The molecule has 0 N–H and O–H groups in total. The van der Waals surface area contributed by atoms with Crippen molar-refractivity contribution < 1.29 is 0 Å². The second-order valence-electron chi connectivity index (χ2n) is 5.06. The minimum absolute atomic E-state index is 0.621. The third-order valence-electron chi connectivity index (χ3n) is 3.55. The van der Waals surface area contributed by atoms with E-state index in [0.29, 0.717) is 0 Å². The van der Waals surface area contributed by atoms with Crippen LogP contribution in [0.1, 0.15) is 13.8 Å². The van der Waals surface area contributed by atoms with Crippen molar-refractivity contribution in [3.63, 3.8) is 0 Å². The van der Waals surface area contributed by atoms with Crippen LogP contribution in [0.5, 0.6) is 0 Å². The van der Waals surface area contributed by atoms with Gasteiger partial charge in [-0.1, -0.05) is 20.4 Å². The Kier molecular flexibility index (Phi) is 8.58. The third-order valence-corrected chi connectivity index (χ3v) is 10.8. The fourth-order valence-electron chi connectivity index (χ4n) is 2.06. The normalized spacial score (nSPS) is 16.1. The number of nitrogens with zero attached hydrogens (tertiary/aromatic N) is 3. The Balaban J connectivity index is 4.23. The van der Waals surface area contributed by atoms with Crippen molar-refractivity contribution in [2.75, 3.05) is 41.3 Å². The summed E-state index contributed by atoms with van der Waals surface area (Å²) in [5.41, 5.74) is 0. The van der Waals surface area contributed by atoms with Gasteiger partial charge in [-0.15, -0.1) is 0 Å². The van der Waals surface area contributed by atoms with Crippen molar-refractivity contribution in [2.24, 2.45) is 0 Å². The van der Waals surface area contributed by atoms with Crippen molar-refractivity contribution in [1.82, 2.24) is 13.7 Å². The van der Waals surface area contributed by atoms with Gasteiger partial charge in [-0.05, 0) is 53.4 Å². The first-order valence-corrected chi connectivity index (χ1v) is 10.8. The van der Waals surface area contributed by atoms with E-state index in [1.807, 2.05) is 0 Å². The predicted octanol–water partition coefficient (Wildman–Crippen LogP) is 1.03. The van der Waals surface area contributed by atoms with Crippen LogP contribution in [0.2, 0.25) is 18.6 Å². The Bertz CT molecular complexity index is 173. The maximum Gasteiger partial charge on any atom is 0.189 e. The van der Waals surface area contributed by atoms with E-state index < -0.39 is 18.1 Å². The molecule has 0 bridgehead atoms. The van der Waals surface area contributed by atoms with Crippen LogP contribution < -0.4 is 0 Å². The molecule has 0 saturated heterocycles. The molecule has 0 spiro atoms. The van der Waals surface area contributed by atoms with Gasteiger partial charge >= 0.3 is 0 Å². The van der Waals surface area contributed by atoms with Crippen molar-refractivity contribution in [3.05, 3.63) is 0 Å². The molecule has 5 heteroatoms. The first-order valence-electron chi connectivity index (χ1n) is 6.50. The summed E-state index contributed by atoms with van der Waals surface area (Å²) in [5.74, 6) is 0. The molecule has 16 heavy (non-hydrogen) atoms. The summed E-state index contributed by atoms with van der Waals surface area (Å²) in [6.07, 6.45) is 0. The minimum atomic E-state index is -0.845. The van der Waals surface area contributed by atoms with Gasteiger partial charge in [-0.3, -0.25) is 0 Å². The maximum atomic E-state index is 2.69. The molecule has 0 aromatic heterocycles. The topological polar surface area (TPSA) is 9.72 Å². The zero-order valence-corrected chi connectivity index (χ0v) is 14.6. The van der Waals surface area contributed by atoms with Crippen LogP contribution >= 0.6 is 0 Å². The lowest BCUT2D eigenvalue weighted by molar-refractivity contribution is 0.423. The maximum absolute atomic E-state index is 2.69. The Hall–Kier alpha value is 0.314. The van der Waals surface area contributed by atoms with E-state index in [1.54, 1.807) is 0 Å². The summed E-state index contributed by atoms with van der Waals surface area (Å²) < 4.78 is 7.66. The average Bonchev–Trinajstić information content (AvgIpc) is 2.22. The van der Waals surface area contributed by atoms with Crippen LogP contribution in [0.25, 0.3) is 0 Å². The van der Waals surface area contributed by atoms with Crippen LogP contribution in [-0.2, 0) is 0 Å². The summed E-state index contributed by atoms with van der Waals surface area (Å²) in [5, 5.41) is 0. The monoisotopic (exact) mass is 261 g/mol. The molecule has 2 atom stereocenters. The highest BCUT2D eigenvalue weighted by molar-refractivity contribution is 6.59. The molecule has 0 aliphatic heterocycles. The van der Waals surface area contributed by atoms with Gasteiger partial charge < -0.3 is 13.7 Å². The average molecular weight is 262 g/mol. The molecule has 0 fully saturated rings. The summed E-state index contributed by atoms with van der Waals surface area (Å²) in [6.45, 7) is 9.47. The quantitative estimate of drug-likeness (QED) is 0.604.